The predicted octanol–water partition coefficient (Wildman–Crippen LogP) is 4.97. The Morgan fingerprint density at radius 3 is 2.41 bits per heavy atom. The fourth-order valence-corrected chi connectivity index (χ4v) is 4.83. The van der Waals surface area contributed by atoms with E-state index in [1.165, 1.54) is 17.3 Å². The van der Waals surface area contributed by atoms with Crippen molar-refractivity contribution in [1.29, 1.82) is 0 Å². The van der Waals surface area contributed by atoms with Gasteiger partial charge in [-0.15, -0.1) is 0 Å². The van der Waals surface area contributed by atoms with E-state index >= 15 is 0 Å². The Labute approximate surface area is 199 Å². The summed E-state index contributed by atoms with van der Waals surface area (Å²) in [5.41, 5.74) is -0.475. The van der Waals surface area contributed by atoms with E-state index in [0.29, 0.717) is 24.5 Å². The quantitative estimate of drug-likeness (QED) is 0.615. The van der Waals surface area contributed by atoms with Gasteiger partial charge in [0.1, 0.15) is 17.0 Å². The number of carboxylic acid groups (broad SMARTS) is 1. The topological polar surface area (TPSA) is 114 Å². The van der Waals surface area contributed by atoms with Gasteiger partial charge < -0.3 is 19.9 Å². The molecule has 1 aromatic heterocycles. The second-order valence-electron chi connectivity index (χ2n) is 10.2. The van der Waals surface area contributed by atoms with Crippen molar-refractivity contribution in [2.24, 2.45) is 0 Å². The van der Waals surface area contributed by atoms with Gasteiger partial charge in [-0.25, -0.2) is 14.8 Å². The van der Waals surface area contributed by atoms with Crippen LogP contribution in [0.4, 0.5) is 10.5 Å². The van der Waals surface area contributed by atoms with Gasteiger partial charge in [0.25, 0.3) is 0 Å². The number of carbonyl (C=O) groups is 2. The molecule has 0 unspecified atom stereocenters. The first kappa shape index (κ1) is 23.8. The number of fused-ring (bicyclic) bond motifs is 2. The zero-order valence-electron chi connectivity index (χ0n) is 20.3. The lowest BCUT2D eigenvalue weighted by Gasteiger charge is -2.45. The second-order valence-corrected chi connectivity index (χ2v) is 10.2. The zero-order valence-corrected chi connectivity index (χ0v) is 20.3. The molecule has 1 saturated carbocycles. The molecular formula is C25H32N4O5. The monoisotopic (exact) mass is 468 g/mol. The van der Waals surface area contributed by atoms with Gasteiger partial charge in [0.05, 0.1) is 24.7 Å². The van der Waals surface area contributed by atoms with Crippen molar-refractivity contribution in [2.75, 3.05) is 11.9 Å². The smallest absolute Gasteiger partial charge is 0.408 e. The van der Waals surface area contributed by atoms with Crippen LogP contribution in [-0.2, 0) is 10.2 Å². The summed E-state index contributed by atoms with van der Waals surface area (Å²) in [5.74, 6) is 1.09. The first-order valence-electron chi connectivity index (χ1n) is 11.6. The molecule has 1 atom stereocenters. The Kier molecular flexibility index (Phi) is 5.91. The molecule has 0 bridgehead atoms. The van der Waals surface area contributed by atoms with Crippen LogP contribution >= 0.6 is 0 Å². The van der Waals surface area contributed by atoms with Crippen LogP contribution in [0.5, 0.6) is 17.5 Å². The van der Waals surface area contributed by atoms with Gasteiger partial charge in [-0.3, -0.25) is 9.69 Å². The molecule has 1 aliphatic heterocycles. The Morgan fingerprint density at radius 2 is 1.85 bits per heavy atom. The molecule has 0 radical (unpaired) electrons. The zero-order chi connectivity index (χ0) is 24.7. The second kappa shape index (κ2) is 8.45. The molecule has 1 spiro atoms. The van der Waals surface area contributed by atoms with Gasteiger partial charge in [0.15, 0.2) is 0 Å². The molecule has 1 aliphatic carbocycles. The fourth-order valence-electron chi connectivity index (χ4n) is 4.83. The Balaban J connectivity index is 1.51. The van der Waals surface area contributed by atoms with Crippen LogP contribution in [0.15, 0.2) is 30.6 Å². The number of rotatable bonds is 6. The standard InChI is InChI=1S/C25H32N4O5/c1-6-24(5,29(22(31)32)23(2,3)4)20(30)28-16-14-26-21(27-15-16)34-18-9-7-8-17-19(18)25(10-11-25)12-13-33-17/h7-9,14-15H,6,10-13H2,1-5H3,(H,28,30)(H,31,32)/t24-/m1/s1. The van der Waals surface area contributed by atoms with E-state index in [1.54, 1.807) is 34.6 Å². The SMILES string of the molecule is CC[C@](C)(C(=O)Nc1cnc(Oc2cccc3c2C2(CCO3)CC2)nc1)N(C(=O)O)C(C)(C)C. The molecular weight excluding hydrogens is 436 g/mol. The molecule has 2 amide bonds. The van der Waals surface area contributed by atoms with Gasteiger partial charge >= 0.3 is 12.1 Å². The van der Waals surface area contributed by atoms with Crippen molar-refractivity contribution in [3.05, 3.63) is 36.2 Å². The summed E-state index contributed by atoms with van der Waals surface area (Å²) >= 11 is 0. The minimum atomic E-state index is -1.28. The largest absolute Gasteiger partial charge is 0.493 e. The van der Waals surface area contributed by atoms with E-state index in [1.807, 2.05) is 18.2 Å². The summed E-state index contributed by atoms with van der Waals surface area (Å²) in [6.45, 7) is 9.40. The molecule has 2 aromatic rings. The third-order valence-corrected chi connectivity index (χ3v) is 6.83. The molecule has 9 heteroatoms. The minimum Gasteiger partial charge on any atom is -0.493 e. The highest BCUT2D eigenvalue weighted by molar-refractivity contribution is 5.99. The maximum absolute atomic E-state index is 13.2. The molecule has 2 N–H and O–H groups in total. The summed E-state index contributed by atoms with van der Waals surface area (Å²) in [4.78, 5) is 34.8. The van der Waals surface area contributed by atoms with Gasteiger partial charge in [-0.2, -0.15) is 0 Å². The predicted molar refractivity (Wildman–Crippen MR) is 127 cm³/mol. The number of aromatic nitrogens is 2. The molecule has 182 valence electrons. The van der Waals surface area contributed by atoms with Crippen LogP contribution < -0.4 is 14.8 Å². The van der Waals surface area contributed by atoms with Crippen molar-refractivity contribution in [3.63, 3.8) is 0 Å². The van der Waals surface area contributed by atoms with Gasteiger partial charge in [-0.05, 0) is 65.5 Å². The highest BCUT2D eigenvalue weighted by Crippen LogP contribution is 2.59. The van der Waals surface area contributed by atoms with Crippen LogP contribution in [0.3, 0.4) is 0 Å². The van der Waals surface area contributed by atoms with Crippen molar-refractivity contribution < 1.29 is 24.2 Å². The molecule has 1 fully saturated rings. The Morgan fingerprint density at radius 1 is 1.18 bits per heavy atom. The van der Waals surface area contributed by atoms with Crippen LogP contribution in [0.2, 0.25) is 0 Å². The molecule has 0 saturated heterocycles. The number of nitrogens with one attached hydrogen (secondary N) is 1. The van der Waals surface area contributed by atoms with Crippen LogP contribution in [0, 0.1) is 0 Å². The maximum Gasteiger partial charge on any atom is 0.408 e. The molecule has 9 nitrogen and oxygen atoms in total. The van der Waals surface area contributed by atoms with Crippen LogP contribution in [0.1, 0.15) is 65.9 Å². The minimum absolute atomic E-state index is 0.131. The van der Waals surface area contributed by atoms with Gasteiger partial charge in [0.2, 0.25) is 5.91 Å². The highest BCUT2D eigenvalue weighted by atomic mass is 16.5. The number of ether oxygens (including phenoxy) is 2. The van der Waals surface area contributed by atoms with E-state index in [2.05, 4.69) is 15.3 Å². The summed E-state index contributed by atoms with van der Waals surface area (Å²) in [6.07, 6.45) is 5.27. The van der Waals surface area contributed by atoms with E-state index in [-0.39, 0.29) is 11.4 Å². The number of hydrogen-bond donors (Lipinski definition) is 2. The Bertz CT molecular complexity index is 1090. The number of hydrogen-bond acceptors (Lipinski definition) is 6. The summed E-state index contributed by atoms with van der Waals surface area (Å²) in [7, 11) is 0. The fraction of sp³-hybridized carbons (Fsp3) is 0.520. The molecule has 1 aromatic carbocycles. The lowest BCUT2D eigenvalue weighted by atomic mass is 9.89. The Hall–Kier alpha value is -3.36. The lowest BCUT2D eigenvalue weighted by Crippen LogP contribution is -2.63. The van der Waals surface area contributed by atoms with E-state index in [0.717, 1.165) is 30.6 Å². The highest BCUT2D eigenvalue weighted by Gasteiger charge is 2.50. The number of nitrogens with zero attached hydrogens (tertiary/aromatic N) is 3. The van der Waals surface area contributed by atoms with Crippen molar-refractivity contribution >= 4 is 17.7 Å². The van der Waals surface area contributed by atoms with Crippen molar-refractivity contribution in [3.8, 4) is 17.5 Å². The molecule has 4 rings (SSSR count). The molecule has 2 heterocycles. The third-order valence-electron chi connectivity index (χ3n) is 6.83. The third kappa shape index (κ3) is 4.26. The maximum atomic E-state index is 13.2. The van der Waals surface area contributed by atoms with Gasteiger partial charge in [0, 0.05) is 16.5 Å². The summed E-state index contributed by atoms with van der Waals surface area (Å²) in [6, 6.07) is 5.91. The van der Waals surface area contributed by atoms with Crippen molar-refractivity contribution in [2.45, 2.75) is 76.8 Å². The molecule has 34 heavy (non-hydrogen) atoms. The average Bonchev–Trinajstić information content (AvgIpc) is 3.53. The first-order valence-corrected chi connectivity index (χ1v) is 11.6. The first-order chi connectivity index (χ1) is 16.0. The lowest BCUT2D eigenvalue weighted by molar-refractivity contribution is -0.129. The van der Waals surface area contributed by atoms with E-state index in [4.69, 9.17) is 9.47 Å². The number of anilines is 1. The molecule has 2 aliphatic rings. The average molecular weight is 469 g/mol. The van der Waals surface area contributed by atoms with Crippen LogP contribution in [-0.4, -0.2) is 49.7 Å². The number of amides is 2. The van der Waals surface area contributed by atoms with E-state index in [9.17, 15) is 14.7 Å². The number of benzene rings is 1. The van der Waals surface area contributed by atoms with Crippen LogP contribution in [0.25, 0.3) is 0 Å². The van der Waals surface area contributed by atoms with E-state index < -0.39 is 23.1 Å². The number of carbonyl (C=O) groups excluding carboxylic acids is 1. The summed E-state index contributed by atoms with van der Waals surface area (Å²) in [5, 5.41) is 12.5. The van der Waals surface area contributed by atoms with Crippen molar-refractivity contribution in [1.82, 2.24) is 14.9 Å². The normalized spacial score (nSPS) is 17.7. The summed E-state index contributed by atoms with van der Waals surface area (Å²) < 4.78 is 11.8. The van der Waals surface area contributed by atoms with Gasteiger partial charge in [-0.1, -0.05) is 13.0 Å².